The summed E-state index contributed by atoms with van der Waals surface area (Å²) in [5.41, 5.74) is 1.12. The Morgan fingerprint density at radius 2 is 1.63 bits per heavy atom. The number of carbonyl (C=O) groups is 2. The number of hydrogen-bond donors (Lipinski definition) is 0. The first-order chi connectivity index (χ1) is 19.6. The van der Waals surface area contributed by atoms with E-state index in [0.29, 0.717) is 38.9 Å². The number of aromatic nitrogens is 2. The number of fused-ring (bicyclic) bond motifs is 1. The second kappa shape index (κ2) is 11.8. The molecule has 10 heteroatoms. The number of carbonyl (C=O) groups excluding carboxylic acids is 2. The third-order valence-corrected chi connectivity index (χ3v) is 8.15. The first-order valence-electron chi connectivity index (χ1n) is 14.1. The highest BCUT2D eigenvalue weighted by Crippen LogP contribution is 2.23. The molecule has 0 N–H and O–H groups in total. The lowest BCUT2D eigenvalue weighted by molar-refractivity contribution is -0.136. The van der Waals surface area contributed by atoms with Gasteiger partial charge in [0, 0.05) is 49.9 Å². The van der Waals surface area contributed by atoms with Gasteiger partial charge in [-0.2, -0.15) is 0 Å². The van der Waals surface area contributed by atoms with E-state index in [1.54, 1.807) is 18.7 Å². The van der Waals surface area contributed by atoms with Crippen LogP contribution in [0, 0.1) is 11.6 Å². The lowest BCUT2D eigenvalue weighted by Crippen LogP contribution is -2.50. The van der Waals surface area contributed by atoms with Crippen LogP contribution >= 0.6 is 0 Å². The lowest BCUT2D eigenvalue weighted by Gasteiger charge is -2.38. The molecule has 0 saturated carbocycles. The van der Waals surface area contributed by atoms with Crippen LogP contribution in [-0.4, -0.2) is 56.4 Å². The molecule has 1 fully saturated rings. The fraction of sp³-hybridized carbons (Fsp3) is 0.419. The second-order valence-electron chi connectivity index (χ2n) is 11.1. The molecule has 0 spiro atoms. The summed E-state index contributed by atoms with van der Waals surface area (Å²) in [5.74, 6) is -2.25. The van der Waals surface area contributed by atoms with E-state index in [0.717, 1.165) is 22.6 Å². The highest BCUT2D eigenvalue weighted by Gasteiger charge is 2.31. The molecule has 216 valence electrons. The molecule has 1 aromatic heterocycles. The topological polar surface area (TPSA) is 84.6 Å². The van der Waals surface area contributed by atoms with Gasteiger partial charge in [-0.1, -0.05) is 36.4 Å². The summed E-state index contributed by atoms with van der Waals surface area (Å²) in [4.78, 5) is 56.2. The van der Waals surface area contributed by atoms with Gasteiger partial charge < -0.3 is 9.80 Å². The van der Waals surface area contributed by atoms with Crippen molar-refractivity contribution < 1.29 is 18.4 Å². The maximum atomic E-state index is 14.4. The third kappa shape index (κ3) is 5.87. The van der Waals surface area contributed by atoms with E-state index in [-0.39, 0.29) is 41.9 Å². The Balaban J connectivity index is 1.29. The molecule has 0 bridgehead atoms. The van der Waals surface area contributed by atoms with Crippen molar-refractivity contribution in [2.24, 2.45) is 0 Å². The number of amides is 2. The van der Waals surface area contributed by atoms with Crippen molar-refractivity contribution in [2.45, 2.75) is 64.6 Å². The Morgan fingerprint density at radius 1 is 0.927 bits per heavy atom. The smallest absolute Gasteiger partial charge is 0.331 e. The molecule has 2 aromatic carbocycles. The number of nitrogens with zero attached hydrogens (tertiary/aromatic N) is 4. The van der Waals surface area contributed by atoms with Crippen molar-refractivity contribution in [1.82, 2.24) is 18.9 Å². The van der Waals surface area contributed by atoms with Crippen molar-refractivity contribution in [3.05, 3.63) is 103 Å². The van der Waals surface area contributed by atoms with Gasteiger partial charge in [0.05, 0.1) is 6.42 Å². The van der Waals surface area contributed by atoms with Gasteiger partial charge in [-0.05, 0) is 55.9 Å². The van der Waals surface area contributed by atoms with Gasteiger partial charge in [0.25, 0.3) is 5.56 Å². The van der Waals surface area contributed by atoms with Crippen LogP contribution < -0.4 is 11.2 Å². The van der Waals surface area contributed by atoms with Crippen LogP contribution in [0.1, 0.15) is 55.0 Å². The number of benzene rings is 2. The van der Waals surface area contributed by atoms with Gasteiger partial charge in [0.2, 0.25) is 11.8 Å². The average molecular weight is 565 g/mol. The molecule has 2 aliphatic rings. The summed E-state index contributed by atoms with van der Waals surface area (Å²) in [7, 11) is 0. The molecule has 0 aliphatic carbocycles. The molecule has 2 amide bonds. The first kappa shape index (κ1) is 28.4. The zero-order valence-electron chi connectivity index (χ0n) is 23.3. The Kier molecular flexibility index (Phi) is 8.19. The van der Waals surface area contributed by atoms with E-state index in [1.807, 2.05) is 23.1 Å². The Hall–Kier alpha value is -4.08. The SMILES string of the molecule is CC(C)n1c(=O)c(Cc2cccc(F)c2F)cn(CC(=O)N2CCC(N3CCc4ccccc4CC3=O)CC2)c1=O. The third-order valence-electron chi connectivity index (χ3n) is 8.15. The van der Waals surface area contributed by atoms with Crippen LogP contribution in [0.5, 0.6) is 0 Å². The highest BCUT2D eigenvalue weighted by atomic mass is 19.2. The highest BCUT2D eigenvalue weighted by molar-refractivity contribution is 5.80. The van der Waals surface area contributed by atoms with E-state index in [9.17, 15) is 28.0 Å². The largest absolute Gasteiger partial charge is 0.341 e. The van der Waals surface area contributed by atoms with E-state index in [2.05, 4.69) is 6.07 Å². The fourth-order valence-electron chi connectivity index (χ4n) is 5.92. The minimum Gasteiger partial charge on any atom is -0.341 e. The zero-order valence-corrected chi connectivity index (χ0v) is 23.3. The number of hydrogen-bond acceptors (Lipinski definition) is 4. The first-order valence-corrected chi connectivity index (χ1v) is 14.1. The predicted molar refractivity (Wildman–Crippen MR) is 150 cm³/mol. The van der Waals surface area contributed by atoms with Crippen LogP contribution in [0.25, 0.3) is 0 Å². The summed E-state index contributed by atoms with van der Waals surface area (Å²) in [6.07, 6.45) is 3.52. The maximum Gasteiger partial charge on any atom is 0.331 e. The Bertz CT molecular complexity index is 1590. The Labute approximate surface area is 236 Å². The molecular weight excluding hydrogens is 530 g/mol. The van der Waals surface area contributed by atoms with Crippen molar-refractivity contribution in [3.63, 3.8) is 0 Å². The van der Waals surface area contributed by atoms with Gasteiger partial charge in [0.15, 0.2) is 11.6 Å². The standard InChI is InChI=1S/C31H34F2N4O4/c1-20(2)37-30(40)24(16-23-8-5-9-26(32)29(23)33)18-35(31(37)41)19-28(39)34-13-11-25(12-14-34)36-15-10-21-6-3-4-7-22(21)17-27(36)38/h3-9,18,20,25H,10-17,19H2,1-2H3. The summed E-state index contributed by atoms with van der Waals surface area (Å²) < 4.78 is 30.3. The number of piperidine rings is 1. The van der Waals surface area contributed by atoms with Crippen LogP contribution in [0.2, 0.25) is 0 Å². The normalized spacial score (nSPS) is 16.2. The van der Waals surface area contributed by atoms with Crippen molar-refractivity contribution in [1.29, 1.82) is 0 Å². The molecule has 0 unspecified atom stereocenters. The van der Waals surface area contributed by atoms with Crippen molar-refractivity contribution >= 4 is 11.8 Å². The van der Waals surface area contributed by atoms with Gasteiger partial charge in [-0.15, -0.1) is 0 Å². The molecule has 0 radical (unpaired) electrons. The lowest BCUT2D eigenvalue weighted by atomic mass is 10.0. The Morgan fingerprint density at radius 3 is 2.34 bits per heavy atom. The van der Waals surface area contributed by atoms with Crippen LogP contribution in [0.3, 0.4) is 0 Å². The van der Waals surface area contributed by atoms with E-state index >= 15 is 0 Å². The van der Waals surface area contributed by atoms with Crippen LogP contribution in [0.15, 0.2) is 58.3 Å². The van der Waals surface area contributed by atoms with E-state index in [4.69, 9.17) is 0 Å². The van der Waals surface area contributed by atoms with Gasteiger partial charge in [0.1, 0.15) is 6.54 Å². The second-order valence-corrected chi connectivity index (χ2v) is 11.1. The molecule has 1 saturated heterocycles. The maximum absolute atomic E-state index is 14.4. The van der Waals surface area contributed by atoms with Gasteiger partial charge in [-0.25, -0.2) is 13.6 Å². The average Bonchev–Trinajstić information content (AvgIpc) is 3.11. The molecule has 41 heavy (non-hydrogen) atoms. The minimum absolute atomic E-state index is 0.0119. The van der Waals surface area contributed by atoms with Crippen molar-refractivity contribution in [3.8, 4) is 0 Å². The molecule has 0 atom stereocenters. The molecule has 5 rings (SSSR count). The van der Waals surface area contributed by atoms with Gasteiger partial charge >= 0.3 is 5.69 Å². The molecule has 2 aliphatic heterocycles. The summed E-state index contributed by atoms with van der Waals surface area (Å²) in [6, 6.07) is 11.3. The van der Waals surface area contributed by atoms with Crippen LogP contribution in [-0.2, 0) is 35.4 Å². The quantitative estimate of drug-likeness (QED) is 0.461. The number of halogens is 2. The van der Waals surface area contributed by atoms with Crippen molar-refractivity contribution in [2.75, 3.05) is 19.6 Å². The van der Waals surface area contributed by atoms with E-state index in [1.165, 1.54) is 28.5 Å². The number of likely N-dealkylation sites (tertiary alicyclic amines) is 1. The molecular formula is C31H34F2N4O4. The number of rotatable bonds is 6. The molecule has 3 heterocycles. The van der Waals surface area contributed by atoms with Crippen LogP contribution in [0.4, 0.5) is 8.78 Å². The summed E-state index contributed by atoms with van der Waals surface area (Å²) in [6.45, 7) is 4.60. The molecule has 3 aromatic rings. The zero-order chi connectivity index (χ0) is 29.3. The summed E-state index contributed by atoms with van der Waals surface area (Å²) in [5, 5.41) is 0. The monoisotopic (exact) mass is 564 g/mol. The van der Waals surface area contributed by atoms with E-state index < -0.39 is 28.9 Å². The fourth-order valence-corrected chi connectivity index (χ4v) is 5.92. The molecule has 8 nitrogen and oxygen atoms in total. The summed E-state index contributed by atoms with van der Waals surface area (Å²) >= 11 is 0. The predicted octanol–water partition coefficient (Wildman–Crippen LogP) is 3.08. The van der Waals surface area contributed by atoms with Gasteiger partial charge in [-0.3, -0.25) is 23.5 Å². The minimum atomic E-state index is -1.05.